The van der Waals surface area contributed by atoms with E-state index >= 15 is 0 Å². The number of halogens is 1. The molecule has 1 aliphatic heterocycles. The number of carbonyl (C=O) groups excluding carboxylic acids is 2. The van der Waals surface area contributed by atoms with E-state index in [1.54, 1.807) is 31.2 Å². The van der Waals surface area contributed by atoms with E-state index in [0.717, 1.165) is 16.0 Å². The molecule has 7 heteroatoms. The molecule has 1 fully saturated rings. The van der Waals surface area contributed by atoms with Crippen LogP contribution in [-0.2, 0) is 16.9 Å². The Kier molecular flexibility index (Phi) is 5.13. The van der Waals surface area contributed by atoms with Crippen molar-refractivity contribution in [2.45, 2.75) is 45.7 Å². The van der Waals surface area contributed by atoms with Crippen molar-refractivity contribution in [2.24, 2.45) is 0 Å². The number of carbonyl (C=O) groups is 2. The normalized spacial score (nSPS) is 18.8. The number of imide groups is 1. The molecule has 31 heavy (non-hydrogen) atoms. The third-order valence-electron chi connectivity index (χ3n) is 5.84. The first-order valence-electron chi connectivity index (χ1n) is 10.1. The summed E-state index contributed by atoms with van der Waals surface area (Å²) in [5, 5.41) is 3.96. The van der Waals surface area contributed by atoms with Crippen LogP contribution in [-0.4, -0.2) is 16.8 Å². The van der Waals surface area contributed by atoms with Gasteiger partial charge in [-0.2, -0.15) is 0 Å². The predicted octanol–water partition coefficient (Wildman–Crippen LogP) is 4.85. The maximum atomic E-state index is 13.3. The van der Waals surface area contributed by atoms with Crippen LogP contribution in [0.4, 0.5) is 4.79 Å². The number of nitrogens with one attached hydrogen (secondary N) is 1. The molecule has 0 saturated carbocycles. The number of rotatable bonds is 4. The lowest BCUT2D eigenvalue weighted by Crippen LogP contribution is -2.40. The van der Waals surface area contributed by atoms with Crippen LogP contribution in [0.15, 0.2) is 51.7 Å². The van der Waals surface area contributed by atoms with Crippen LogP contribution >= 0.6 is 11.6 Å². The second kappa shape index (κ2) is 7.54. The smallest absolute Gasteiger partial charge is 0.336 e. The second-order valence-corrected chi connectivity index (χ2v) is 8.84. The monoisotopic (exact) mass is 438 g/mol. The number of aryl methyl sites for hydroxylation is 1. The van der Waals surface area contributed by atoms with E-state index in [1.807, 2.05) is 19.1 Å². The number of amides is 3. The van der Waals surface area contributed by atoms with Gasteiger partial charge < -0.3 is 9.73 Å². The number of hydrogen-bond donors (Lipinski definition) is 1. The Morgan fingerprint density at radius 2 is 1.87 bits per heavy atom. The average Bonchev–Trinajstić information content (AvgIpc) is 2.91. The van der Waals surface area contributed by atoms with Gasteiger partial charge in [-0.25, -0.2) is 9.59 Å². The third kappa shape index (κ3) is 3.61. The quantitative estimate of drug-likeness (QED) is 0.466. The van der Waals surface area contributed by atoms with Crippen molar-refractivity contribution >= 4 is 34.5 Å². The molecular formula is C24H23ClN2O4. The van der Waals surface area contributed by atoms with Gasteiger partial charge in [-0.05, 0) is 66.3 Å². The molecule has 1 aliphatic rings. The first kappa shape index (κ1) is 21.1. The van der Waals surface area contributed by atoms with E-state index in [2.05, 4.69) is 19.2 Å². The lowest BCUT2D eigenvalue weighted by Gasteiger charge is -2.22. The van der Waals surface area contributed by atoms with Gasteiger partial charge in [0.15, 0.2) is 0 Å². The van der Waals surface area contributed by atoms with E-state index in [0.29, 0.717) is 27.1 Å². The fraction of sp³-hybridized carbons (Fsp3) is 0.292. The Morgan fingerprint density at radius 1 is 1.13 bits per heavy atom. The molecule has 160 valence electrons. The number of benzene rings is 2. The van der Waals surface area contributed by atoms with Gasteiger partial charge in [0.1, 0.15) is 11.1 Å². The van der Waals surface area contributed by atoms with Gasteiger partial charge in [-0.15, -0.1) is 0 Å². The minimum atomic E-state index is -1.24. The summed E-state index contributed by atoms with van der Waals surface area (Å²) in [5.41, 5.74) is 1.97. The molecule has 0 bridgehead atoms. The first-order valence-corrected chi connectivity index (χ1v) is 10.5. The fourth-order valence-corrected chi connectivity index (χ4v) is 4.34. The molecule has 1 atom stereocenters. The largest absolute Gasteiger partial charge is 0.423 e. The van der Waals surface area contributed by atoms with E-state index in [-0.39, 0.29) is 12.5 Å². The van der Waals surface area contributed by atoms with Gasteiger partial charge in [0.25, 0.3) is 5.91 Å². The maximum absolute atomic E-state index is 13.3. The van der Waals surface area contributed by atoms with Crippen molar-refractivity contribution in [2.75, 3.05) is 0 Å². The summed E-state index contributed by atoms with van der Waals surface area (Å²) in [7, 11) is 0. The molecule has 6 nitrogen and oxygen atoms in total. The van der Waals surface area contributed by atoms with Crippen LogP contribution in [0.2, 0.25) is 5.02 Å². The molecule has 2 aromatic carbocycles. The molecule has 0 spiro atoms. The zero-order chi connectivity index (χ0) is 22.5. The Balaban J connectivity index is 1.77. The van der Waals surface area contributed by atoms with E-state index < -0.39 is 23.1 Å². The minimum absolute atomic E-state index is 0.0382. The summed E-state index contributed by atoms with van der Waals surface area (Å²) < 4.78 is 5.39. The summed E-state index contributed by atoms with van der Waals surface area (Å²) in [4.78, 5) is 39.4. The summed E-state index contributed by atoms with van der Waals surface area (Å²) >= 11 is 6.09. The predicted molar refractivity (Wildman–Crippen MR) is 119 cm³/mol. The molecule has 3 aromatic rings. The van der Waals surface area contributed by atoms with E-state index in [9.17, 15) is 14.4 Å². The van der Waals surface area contributed by atoms with Crippen molar-refractivity contribution in [3.05, 3.63) is 80.2 Å². The topological polar surface area (TPSA) is 79.6 Å². The molecule has 0 radical (unpaired) electrons. The number of hydrogen-bond acceptors (Lipinski definition) is 4. The number of nitrogens with zero attached hydrogens (tertiary/aromatic N) is 1. The Bertz CT molecular complexity index is 1280. The molecule has 2 heterocycles. The summed E-state index contributed by atoms with van der Waals surface area (Å²) in [6.07, 6.45) is 0. The van der Waals surface area contributed by atoms with Crippen LogP contribution < -0.4 is 10.9 Å². The first-order chi connectivity index (χ1) is 14.6. The molecule has 3 amide bonds. The SMILES string of the molecule is Cc1cc2oc(=O)cc(CN3C(=O)NC(C)(c4cccc(Cl)c4)C3=O)c2cc1C(C)C. The Labute approximate surface area is 184 Å². The molecule has 4 rings (SSSR count). The van der Waals surface area contributed by atoms with Crippen molar-refractivity contribution in [1.82, 2.24) is 10.2 Å². The Hall–Kier alpha value is -3.12. The standard InChI is InChI=1S/C24H23ClN2O4/c1-13(2)18-11-19-15(9-21(28)31-20(19)8-14(18)3)12-27-22(29)24(4,26-23(27)30)16-6-5-7-17(25)10-16/h5-11,13H,12H2,1-4H3,(H,26,30). The number of fused-ring (bicyclic) bond motifs is 1. The van der Waals surface area contributed by atoms with Gasteiger partial charge >= 0.3 is 11.7 Å². The molecule has 0 aliphatic carbocycles. The lowest BCUT2D eigenvalue weighted by atomic mass is 9.92. The van der Waals surface area contributed by atoms with Gasteiger partial charge in [-0.3, -0.25) is 9.69 Å². The summed E-state index contributed by atoms with van der Waals surface area (Å²) in [6.45, 7) is 7.75. The van der Waals surface area contributed by atoms with Crippen LogP contribution in [0, 0.1) is 6.92 Å². The van der Waals surface area contributed by atoms with Gasteiger partial charge in [-0.1, -0.05) is 37.6 Å². The third-order valence-corrected chi connectivity index (χ3v) is 6.08. The zero-order valence-corrected chi connectivity index (χ0v) is 18.5. The van der Waals surface area contributed by atoms with Crippen LogP contribution in [0.5, 0.6) is 0 Å². The highest BCUT2D eigenvalue weighted by Gasteiger charge is 2.49. The van der Waals surface area contributed by atoms with Crippen LogP contribution in [0.1, 0.15) is 48.9 Å². The Morgan fingerprint density at radius 3 is 2.55 bits per heavy atom. The minimum Gasteiger partial charge on any atom is -0.423 e. The van der Waals surface area contributed by atoms with E-state index in [4.69, 9.17) is 16.0 Å². The van der Waals surface area contributed by atoms with Crippen molar-refractivity contribution in [3.63, 3.8) is 0 Å². The van der Waals surface area contributed by atoms with E-state index in [1.165, 1.54) is 6.07 Å². The van der Waals surface area contributed by atoms with Crippen LogP contribution in [0.3, 0.4) is 0 Å². The fourth-order valence-electron chi connectivity index (χ4n) is 4.15. The average molecular weight is 439 g/mol. The molecule has 1 saturated heterocycles. The van der Waals surface area contributed by atoms with Crippen molar-refractivity contribution in [1.29, 1.82) is 0 Å². The maximum Gasteiger partial charge on any atom is 0.336 e. The number of urea groups is 1. The molecule has 1 unspecified atom stereocenters. The molecule has 1 N–H and O–H groups in total. The van der Waals surface area contributed by atoms with Crippen molar-refractivity contribution in [3.8, 4) is 0 Å². The van der Waals surface area contributed by atoms with Crippen molar-refractivity contribution < 1.29 is 14.0 Å². The lowest BCUT2D eigenvalue weighted by molar-refractivity contribution is -0.131. The summed E-state index contributed by atoms with van der Waals surface area (Å²) in [6, 6.07) is 11.5. The van der Waals surface area contributed by atoms with Gasteiger partial charge in [0.05, 0.1) is 6.54 Å². The second-order valence-electron chi connectivity index (χ2n) is 8.41. The zero-order valence-electron chi connectivity index (χ0n) is 17.8. The highest BCUT2D eigenvalue weighted by molar-refractivity contribution is 6.30. The molecule has 1 aromatic heterocycles. The van der Waals surface area contributed by atoms with Gasteiger partial charge in [0, 0.05) is 16.5 Å². The molecular weight excluding hydrogens is 416 g/mol. The van der Waals surface area contributed by atoms with Crippen LogP contribution in [0.25, 0.3) is 11.0 Å². The van der Waals surface area contributed by atoms with Gasteiger partial charge in [0.2, 0.25) is 0 Å². The summed E-state index contributed by atoms with van der Waals surface area (Å²) in [5.74, 6) is -0.135. The highest BCUT2D eigenvalue weighted by Crippen LogP contribution is 2.33. The highest BCUT2D eigenvalue weighted by atomic mass is 35.5.